The topological polar surface area (TPSA) is 105 Å². The Bertz CT molecular complexity index is 257. The summed E-state index contributed by atoms with van der Waals surface area (Å²) in [6, 6.07) is -1.12. The highest BCUT2D eigenvalue weighted by atomic mass is 16.4. The zero-order valence-corrected chi connectivity index (χ0v) is 8.04. The molecule has 2 amide bonds. The first kappa shape index (κ1) is 12.4. The van der Waals surface area contributed by atoms with Crippen LogP contribution in [0.1, 0.15) is 13.8 Å². The van der Waals surface area contributed by atoms with E-state index in [0.29, 0.717) is 0 Å². The maximum absolute atomic E-state index is 10.0. The number of aliphatic imine (C=N–C) groups is 2. The summed E-state index contributed by atoms with van der Waals surface area (Å²) in [5.74, 6) is -0.910. The molecular formula is C8H13N3O3. The number of nitrogens with two attached hydrogens (primary N) is 1. The predicted octanol–water partition coefficient (Wildman–Crippen LogP) is 0.316. The lowest BCUT2D eigenvalue weighted by atomic mass is 10.1. The molecule has 0 aromatic carbocycles. The van der Waals surface area contributed by atoms with E-state index in [4.69, 9.17) is 10.8 Å². The molecule has 1 heterocycles. The Morgan fingerprint density at radius 1 is 1.43 bits per heavy atom. The van der Waals surface area contributed by atoms with Crippen LogP contribution in [0.5, 0.6) is 0 Å². The van der Waals surface area contributed by atoms with Gasteiger partial charge in [-0.3, -0.25) is 4.79 Å². The third kappa shape index (κ3) is 5.15. The Labute approximate surface area is 81.5 Å². The second-order valence-electron chi connectivity index (χ2n) is 2.95. The van der Waals surface area contributed by atoms with Crippen LogP contribution < -0.4 is 5.73 Å². The highest BCUT2D eigenvalue weighted by Crippen LogP contribution is 1.96. The number of carboxylic acid groups (broad SMARTS) is 1. The monoisotopic (exact) mass is 199 g/mol. The van der Waals surface area contributed by atoms with E-state index in [1.54, 1.807) is 13.8 Å². The quantitative estimate of drug-likeness (QED) is 0.667. The van der Waals surface area contributed by atoms with E-state index in [0.717, 1.165) is 0 Å². The third-order valence-corrected chi connectivity index (χ3v) is 1.44. The van der Waals surface area contributed by atoms with Gasteiger partial charge in [0.2, 0.25) is 0 Å². The molecule has 3 N–H and O–H groups in total. The van der Waals surface area contributed by atoms with Gasteiger partial charge >= 0.3 is 12.0 Å². The van der Waals surface area contributed by atoms with Crippen molar-refractivity contribution in [3.8, 4) is 0 Å². The van der Waals surface area contributed by atoms with Gasteiger partial charge in [0.05, 0.1) is 12.4 Å². The second kappa shape index (κ2) is 5.98. The van der Waals surface area contributed by atoms with Gasteiger partial charge in [-0.2, -0.15) is 9.98 Å². The van der Waals surface area contributed by atoms with Crippen molar-refractivity contribution < 1.29 is 14.7 Å². The molecule has 1 aliphatic heterocycles. The van der Waals surface area contributed by atoms with E-state index >= 15 is 0 Å². The molecule has 14 heavy (non-hydrogen) atoms. The van der Waals surface area contributed by atoms with Crippen LogP contribution in [0.25, 0.3) is 0 Å². The minimum absolute atomic E-state index is 0.0208. The van der Waals surface area contributed by atoms with Crippen LogP contribution in [-0.2, 0) is 4.79 Å². The van der Waals surface area contributed by atoms with E-state index in [-0.39, 0.29) is 5.92 Å². The fraction of sp³-hybridized carbons (Fsp3) is 0.500. The Morgan fingerprint density at radius 3 is 1.93 bits per heavy atom. The van der Waals surface area contributed by atoms with Crippen molar-refractivity contribution in [1.29, 1.82) is 0 Å². The number of hydrogen-bond acceptors (Lipinski definition) is 3. The lowest BCUT2D eigenvalue weighted by molar-refractivity contribution is -0.139. The number of amides is 2. The Kier molecular flexibility index (Phi) is 5.31. The van der Waals surface area contributed by atoms with Crippen LogP contribution in [0.15, 0.2) is 9.98 Å². The van der Waals surface area contributed by atoms with E-state index < -0.39 is 18.0 Å². The summed E-state index contributed by atoms with van der Waals surface area (Å²) in [6.07, 6.45) is 2.73. The fourth-order valence-corrected chi connectivity index (χ4v) is 0.513. The summed E-state index contributed by atoms with van der Waals surface area (Å²) >= 11 is 0. The van der Waals surface area contributed by atoms with Gasteiger partial charge in [-0.15, -0.1) is 0 Å². The number of rotatable bonds is 2. The SMILES string of the molecule is CC(C)C(N)C(=O)O.O=C1N=CC=N1. The summed E-state index contributed by atoms with van der Waals surface area (Å²) in [7, 11) is 0. The van der Waals surface area contributed by atoms with Crippen LogP contribution >= 0.6 is 0 Å². The molecule has 0 fully saturated rings. The molecule has 0 aromatic heterocycles. The number of carbonyl (C=O) groups excluding carboxylic acids is 1. The minimum atomic E-state index is -0.931. The van der Waals surface area contributed by atoms with Gasteiger partial charge in [-0.1, -0.05) is 13.8 Å². The van der Waals surface area contributed by atoms with Crippen molar-refractivity contribution in [2.24, 2.45) is 21.6 Å². The molecule has 0 aliphatic carbocycles. The highest BCUT2D eigenvalue weighted by molar-refractivity contribution is 6.25. The molecule has 0 saturated heterocycles. The molecule has 1 aliphatic rings. The first-order valence-corrected chi connectivity index (χ1v) is 4.04. The van der Waals surface area contributed by atoms with Crippen molar-refractivity contribution in [1.82, 2.24) is 0 Å². The number of aliphatic carboxylic acids is 1. The minimum Gasteiger partial charge on any atom is -0.480 e. The van der Waals surface area contributed by atoms with Gasteiger partial charge in [0.25, 0.3) is 0 Å². The van der Waals surface area contributed by atoms with Crippen LogP contribution in [0.3, 0.4) is 0 Å². The second-order valence-corrected chi connectivity index (χ2v) is 2.95. The van der Waals surface area contributed by atoms with Crippen LogP contribution in [0.2, 0.25) is 0 Å². The Morgan fingerprint density at radius 2 is 1.86 bits per heavy atom. The average molecular weight is 199 g/mol. The number of urea groups is 1. The van der Waals surface area contributed by atoms with Gasteiger partial charge in [0.1, 0.15) is 6.04 Å². The predicted molar refractivity (Wildman–Crippen MR) is 52.8 cm³/mol. The average Bonchev–Trinajstić information content (AvgIpc) is 2.55. The number of hydrogen-bond donors (Lipinski definition) is 2. The molecule has 78 valence electrons. The van der Waals surface area contributed by atoms with E-state index in [1.807, 2.05) is 0 Å². The molecule has 1 rings (SSSR count). The molecule has 6 nitrogen and oxygen atoms in total. The summed E-state index contributed by atoms with van der Waals surface area (Å²) in [6.45, 7) is 3.55. The van der Waals surface area contributed by atoms with Crippen molar-refractivity contribution >= 4 is 24.4 Å². The van der Waals surface area contributed by atoms with Crippen LogP contribution in [-0.4, -0.2) is 35.6 Å². The number of nitrogens with zero attached hydrogens (tertiary/aromatic N) is 2. The molecule has 0 bridgehead atoms. The van der Waals surface area contributed by atoms with Crippen LogP contribution in [0.4, 0.5) is 4.79 Å². The number of carboxylic acids is 1. The summed E-state index contributed by atoms with van der Waals surface area (Å²) in [5.41, 5.74) is 5.16. The zero-order valence-electron chi connectivity index (χ0n) is 8.04. The zero-order chi connectivity index (χ0) is 11.1. The van der Waals surface area contributed by atoms with Crippen molar-refractivity contribution in [2.45, 2.75) is 19.9 Å². The van der Waals surface area contributed by atoms with Gasteiger partial charge in [0.15, 0.2) is 0 Å². The van der Waals surface area contributed by atoms with Crippen molar-refractivity contribution in [3.05, 3.63) is 0 Å². The van der Waals surface area contributed by atoms with Gasteiger partial charge < -0.3 is 10.8 Å². The summed E-state index contributed by atoms with van der Waals surface area (Å²) < 4.78 is 0. The third-order valence-electron chi connectivity index (χ3n) is 1.44. The maximum Gasteiger partial charge on any atom is 0.367 e. The first-order valence-electron chi connectivity index (χ1n) is 4.04. The Balaban J connectivity index is 0.000000249. The lowest BCUT2D eigenvalue weighted by Crippen LogP contribution is -2.34. The number of carbonyl (C=O) groups is 2. The molecule has 0 spiro atoms. The Hall–Kier alpha value is -1.56. The van der Waals surface area contributed by atoms with Crippen molar-refractivity contribution in [3.63, 3.8) is 0 Å². The van der Waals surface area contributed by atoms with Crippen LogP contribution in [0, 0.1) is 5.92 Å². The normalized spacial score (nSPS) is 15.3. The smallest absolute Gasteiger partial charge is 0.367 e. The fourth-order valence-electron chi connectivity index (χ4n) is 0.513. The van der Waals surface area contributed by atoms with Crippen molar-refractivity contribution in [2.75, 3.05) is 0 Å². The van der Waals surface area contributed by atoms with E-state index in [9.17, 15) is 9.59 Å². The van der Waals surface area contributed by atoms with Gasteiger partial charge in [0, 0.05) is 0 Å². The van der Waals surface area contributed by atoms with E-state index in [1.165, 1.54) is 12.4 Å². The summed E-state index contributed by atoms with van der Waals surface area (Å²) in [4.78, 5) is 26.4. The molecular weight excluding hydrogens is 186 g/mol. The molecule has 0 saturated carbocycles. The molecule has 1 atom stereocenters. The first-order chi connectivity index (χ1) is 6.45. The molecule has 0 aromatic rings. The highest BCUT2D eigenvalue weighted by Gasteiger charge is 2.14. The van der Waals surface area contributed by atoms with E-state index in [2.05, 4.69) is 9.98 Å². The van der Waals surface area contributed by atoms with Gasteiger partial charge in [-0.25, -0.2) is 4.79 Å². The largest absolute Gasteiger partial charge is 0.480 e. The molecule has 1 unspecified atom stereocenters. The molecule has 6 heteroatoms. The lowest BCUT2D eigenvalue weighted by Gasteiger charge is -2.07. The molecule has 0 radical (unpaired) electrons. The maximum atomic E-state index is 10.0. The standard InChI is InChI=1S/C5H11NO2.C3H2N2O/c1-3(2)4(6)5(7)8;6-3-4-1-2-5-3/h3-4H,6H2,1-2H3,(H,7,8);1-2H. The summed E-state index contributed by atoms with van der Waals surface area (Å²) in [5, 5.41) is 8.23. The van der Waals surface area contributed by atoms with Gasteiger partial charge in [-0.05, 0) is 5.92 Å².